The molecule has 1 unspecified atom stereocenters. The molecule has 32 heavy (non-hydrogen) atoms. The highest BCUT2D eigenvalue weighted by molar-refractivity contribution is 5.67. The zero-order valence-corrected chi connectivity index (χ0v) is 19.2. The van der Waals surface area contributed by atoms with Crippen LogP contribution in [0, 0.1) is 22.0 Å². The molecule has 2 aromatic carbocycles. The summed E-state index contributed by atoms with van der Waals surface area (Å²) in [6.45, 7) is 6.81. The maximum atomic E-state index is 12.5. The van der Waals surface area contributed by atoms with Gasteiger partial charge in [-0.1, -0.05) is 69.2 Å². The van der Waals surface area contributed by atoms with Crippen LogP contribution < -0.4 is 5.32 Å². The van der Waals surface area contributed by atoms with Crippen molar-refractivity contribution in [3.63, 3.8) is 0 Å². The van der Waals surface area contributed by atoms with Gasteiger partial charge in [0.1, 0.15) is 12.8 Å². The van der Waals surface area contributed by atoms with Gasteiger partial charge in [-0.2, -0.15) is 0 Å². The van der Waals surface area contributed by atoms with Crippen molar-refractivity contribution in [2.24, 2.45) is 11.8 Å². The molecule has 3 atom stereocenters. The number of benzene rings is 2. The Morgan fingerprint density at radius 3 is 2.28 bits per heavy atom. The second kappa shape index (κ2) is 13.5. The van der Waals surface area contributed by atoms with Crippen LogP contribution in [0.2, 0.25) is 0 Å². The van der Waals surface area contributed by atoms with E-state index in [1.807, 2.05) is 37.3 Å². The molecule has 7 heteroatoms. The average Bonchev–Trinajstić information content (AvgIpc) is 2.80. The van der Waals surface area contributed by atoms with Crippen molar-refractivity contribution >= 4 is 11.8 Å². The number of hydrogen-bond donors (Lipinski definition) is 1. The van der Waals surface area contributed by atoms with Crippen LogP contribution in [0.1, 0.15) is 51.2 Å². The zero-order valence-electron chi connectivity index (χ0n) is 19.2. The lowest BCUT2D eigenvalue weighted by atomic mass is 9.81. The van der Waals surface area contributed by atoms with E-state index in [0.29, 0.717) is 6.61 Å². The molecule has 0 radical (unpaired) electrons. The van der Waals surface area contributed by atoms with Gasteiger partial charge in [-0.05, 0) is 36.8 Å². The maximum Gasteiger partial charge on any atom is 0.409 e. The molecule has 174 valence electrons. The third-order valence-electron chi connectivity index (χ3n) is 5.60. The minimum atomic E-state index is -0.501. The summed E-state index contributed by atoms with van der Waals surface area (Å²) in [5.41, 5.74) is 2.04. The average molecular weight is 443 g/mol. The van der Waals surface area contributed by atoms with E-state index in [4.69, 9.17) is 9.47 Å². The number of rotatable bonds is 13. The molecule has 0 aliphatic rings. The number of nitrogens with zero attached hydrogens (tertiary/aromatic N) is 1. The van der Waals surface area contributed by atoms with Gasteiger partial charge < -0.3 is 9.47 Å². The molecule has 2 aromatic rings. The molecular weight excluding hydrogens is 408 g/mol. The maximum absolute atomic E-state index is 12.5. The van der Waals surface area contributed by atoms with E-state index in [1.165, 1.54) is 12.1 Å². The van der Waals surface area contributed by atoms with E-state index >= 15 is 0 Å². The summed E-state index contributed by atoms with van der Waals surface area (Å²) in [5.74, 6) is 0.326. The second-order valence-corrected chi connectivity index (χ2v) is 7.83. The van der Waals surface area contributed by atoms with Crippen LogP contribution in [0.25, 0.3) is 0 Å². The first kappa shape index (κ1) is 25.3. The first-order valence-electron chi connectivity index (χ1n) is 11.3. The van der Waals surface area contributed by atoms with Crippen molar-refractivity contribution in [2.45, 2.75) is 59.3 Å². The summed E-state index contributed by atoms with van der Waals surface area (Å²) in [5, 5.41) is 13.9. The number of carbonyl (C=O) groups is 1. The van der Waals surface area contributed by atoms with E-state index in [-0.39, 0.29) is 24.1 Å². The van der Waals surface area contributed by atoms with Gasteiger partial charge in [-0.3, -0.25) is 15.4 Å². The number of hydrogen-bond acceptors (Lipinski definition) is 5. The van der Waals surface area contributed by atoms with Crippen LogP contribution >= 0.6 is 0 Å². The third kappa shape index (κ3) is 7.96. The quantitative estimate of drug-likeness (QED) is 0.238. The highest BCUT2D eigenvalue weighted by Crippen LogP contribution is 2.29. The number of amides is 1. The molecule has 0 bridgehead atoms. The van der Waals surface area contributed by atoms with Crippen molar-refractivity contribution in [3.05, 3.63) is 75.8 Å². The Morgan fingerprint density at radius 2 is 1.72 bits per heavy atom. The Morgan fingerprint density at radius 1 is 1.03 bits per heavy atom. The van der Waals surface area contributed by atoms with Gasteiger partial charge in [0, 0.05) is 24.7 Å². The van der Waals surface area contributed by atoms with E-state index in [0.717, 1.165) is 36.8 Å². The molecule has 0 aliphatic carbocycles. The minimum absolute atomic E-state index is 0.0851. The van der Waals surface area contributed by atoms with E-state index in [9.17, 15) is 14.9 Å². The normalized spacial score (nSPS) is 13.7. The van der Waals surface area contributed by atoms with Gasteiger partial charge >= 0.3 is 6.09 Å². The summed E-state index contributed by atoms with van der Waals surface area (Å²) in [7, 11) is 0. The molecule has 0 saturated heterocycles. The Bertz CT molecular complexity index is 826. The predicted octanol–water partition coefficient (Wildman–Crippen LogP) is 5.87. The molecule has 0 heterocycles. The van der Waals surface area contributed by atoms with Crippen molar-refractivity contribution < 1.29 is 19.2 Å². The van der Waals surface area contributed by atoms with Crippen molar-refractivity contribution in [1.82, 2.24) is 5.32 Å². The Hall–Kier alpha value is -2.93. The molecule has 0 spiro atoms. The first-order valence-corrected chi connectivity index (χ1v) is 11.3. The van der Waals surface area contributed by atoms with Crippen molar-refractivity contribution in [3.8, 4) is 0 Å². The fraction of sp³-hybridized carbons (Fsp3) is 0.480. The minimum Gasteiger partial charge on any atom is -0.445 e. The van der Waals surface area contributed by atoms with Crippen LogP contribution in [-0.4, -0.2) is 23.9 Å². The summed E-state index contributed by atoms with van der Waals surface area (Å²) in [4.78, 5) is 23.0. The standard InChI is InChI=1S/C25H34N2O5/c1-4-10-23(21(5-2)17-19-13-15-22(16-14-19)27(29)30)24(31-6-3)26-25(28)32-18-20-11-8-7-9-12-20/h7-9,11-16,21,23-24H,4-6,10,17-18H2,1-3H3,(H,26,28)/t21-,23+,24?/m0/s1. The molecule has 0 fully saturated rings. The molecule has 0 aromatic heterocycles. The fourth-order valence-corrected chi connectivity index (χ4v) is 3.96. The largest absolute Gasteiger partial charge is 0.445 e. The number of nitrogens with one attached hydrogen (secondary N) is 1. The van der Waals surface area contributed by atoms with Gasteiger partial charge in [0.05, 0.1) is 4.92 Å². The van der Waals surface area contributed by atoms with Crippen molar-refractivity contribution in [1.29, 1.82) is 0 Å². The zero-order chi connectivity index (χ0) is 23.3. The first-order chi connectivity index (χ1) is 15.5. The molecule has 1 N–H and O–H groups in total. The van der Waals surface area contributed by atoms with Crippen LogP contribution in [-0.2, 0) is 22.5 Å². The monoisotopic (exact) mass is 442 g/mol. The highest BCUT2D eigenvalue weighted by atomic mass is 16.6. The van der Waals surface area contributed by atoms with Crippen LogP contribution in [0.5, 0.6) is 0 Å². The van der Waals surface area contributed by atoms with E-state index in [1.54, 1.807) is 12.1 Å². The van der Waals surface area contributed by atoms with Gasteiger partial charge in [-0.15, -0.1) is 0 Å². The molecule has 0 aliphatic heterocycles. The van der Waals surface area contributed by atoms with E-state index in [2.05, 4.69) is 19.2 Å². The molecule has 7 nitrogen and oxygen atoms in total. The lowest BCUT2D eigenvalue weighted by molar-refractivity contribution is -0.384. The lowest BCUT2D eigenvalue weighted by Gasteiger charge is -2.33. The summed E-state index contributed by atoms with van der Waals surface area (Å²) in [6, 6.07) is 16.2. The molecule has 1 amide bonds. The highest BCUT2D eigenvalue weighted by Gasteiger charge is 2.30. The second-order valence-electron chi connectivity index (χ2n) is 7.83. The van der Waals surface area contributed by atoms with Gasteiger partial charge in [0.2, 0.25) is 0 Å². The summed E-state index contributed by atoms with van der Waals surface area (Å²) >= 11 is 0. The number of alkyl carbamates (subject to hydrolysis) is 1. The van der Waals surface area contributed by atoms with Crippen LogP contribution in [0.3, 0.4) is 0 Å². The molecular formula is C25H34N2O5. The SMILES string of the molecule is CCC[C@@H](C(NC(=O)OCc1ccccc1)OCC)[C@@H](CC)Cc1ccc([N+](=O)[O-])cc1. The number of nitro groups is 1. The number of ether oxygens (including phenoxy) is 2. The topological polar surface area (TPSA) is 90.7 Å². The Kier molecular flexibility index (Phi) is 10.7. The fourth-order valence-electron chi connectivity index (χ4n) is 3.96. The third-order valence-corrected chi connectivity index (χ3v) is 5.60. The number of nitro benzene ring substituents is 1. The number of carbonyl (C=O) groups excluding carboxylic acids is 1. The molecule has 0 saturated carbocycles. The van der Waals surface area contributed by atoms with Crippen LogP contribution in [0.4, 0.5) is 10.5 Å². The van der Waals surface area contributed by atoms with E-state index < -0.39 is 17.2 Å². The summed E-state index contributed by atoms with van der Waals surface area (Å²) in [6.07, 6.45) is 2.51. The van der Waals surface area contributed by atoms with Gasteiger partial charge in [-0.25, -0.2) is 4.79 Å². The lowest BCUT2D eigenvalue weighted by Crippen LogP contribution is -2.45. The van der Waals surface area contributed by atoms with Crippen LogP contribution in [0.15, 0.2) is 54.6 Å². The number of non-ortho nitro benzene ring substituents is 1. The molecule has 2 rings (SSSR count). The Labute approximate surface area is 190 Å². The Balaban J connectivity index is 2.08. The smallest absolute Gasteiger partial charge is 0.409 e. The summed E-state index contributed by atoms with van der Waals surface area (Å²) < 4.78 is 11.4. The van der Waals surface area contributed by atoms with Crippen molar-refractivity contribution in [2.75, 3.05) is 6.61 Å². The van der Waals surface area contributed by atoms with Gasteiger partial charge in [0.25, 0.3) is 5.69 Å². The predicted molar refractivity (Wildman–Crippen MR) is 124 cm³/mol. The van der Waals surface area contributed by atoms with Gasteiger partial charge in [0.15, 0.2) is 0 Å².